The first-order chi connectivity index (χ1) is 19.9. The number of carbonyl (C=O) groups is 1. The highest BCUT2D eigenvalue weighted by Gasteiger charge is 2.27. The van der Waals surface area contributed by atoms with Crippen LogP contribution < -0.4 is 0 Å². The van der Waals surface area contributed by atoms with Crippen LogP contribution in [0.15, 0.2) is 84.9 Å². The maximum absolute atomic E-state index is 13.2. The fraction of sp³-hybridized carbons (Fsp3) is 0.378. The maximum atomic E-state index is 13.2. The molecule has 0 aliphatic carbocycles. The van der Waals surface area contributed by atoms with Crippen molar-refractivity contribution in [2.75, 3.05) is 19.7 Å². The van der Waals surface area contributed by atoms with E-state index in [2.05, 4.69) is 79.4 Å². The minimum atomic E-state index is -0.472. The van der Waals surface area contributed by atoms with E-state index in [1.165, 1.54) is 21.9 Å². The zero-order chi connectivity index (χ0) is 28.8. The number of nitrogens with zero attached hydrogens (tertiary/aromatic N) is 1. The number of esters is 1. The lowest BCUT2D eigenvalue weighted by Gasteiger charge is -2.34. The summed E-state index contributed by atoms with van der Waals surface area (Å²) in [5.74, 6) is 0.261. The smallest absolute Gasteiger partial charge is 0.313 e. The number of carbonyl (C=O) groups excluding carboxylic acids is 1. The Hall–Kier alpha value is -3.50. The Kier molecular flexibility index (Phi) is 9.51. The van der Waals surface area contributed by atoms with Crippen molar-refractivity contribution in [2.45, 2.75) is 65.1 Å². The molecule has 0 radical (unpaired) electrons. The summed E-state index contributed by atoms with van der Waals surface area (Å²) >= 11 is 0. The molecule has 2 unspecified atom stereocenters. The number of likely N-dealkylation sites (tertiary alicyclic amines) is 1. The molecule has 0 saturated carbocycles. The van der Waals surface area contributed by atoms with Crippen LogP contribution in [-0.4, -0.2) is 30.6 Å². The lowest BCUT2D eigenvalue weighted by Crippen LogP contribution is -2.34. The van der Waals surface area contributed by atoms with Crippen LogP contribution in [0.1, 0.15) is 74.1 Å². The third kappa shape index (κ3) is 7.23. The Morgan fingerprint density at radius 2 is 1.68 bits per heavy atom. The van der Waals surface area contributed by atoms with Gasteiger partial charge in [-0.3, -0.25) is 9.69 Å². The van der Waals surface area contributed by atoms with Gasteiger partial charge in [0.25, 0.3) is 0 Å². The zero-order valence-corrected chi connectivity index (χ0v) is 24.6. The number of rotatable bonds is 10. The summed E-state index contributed by atoms with van der Waals surface area (Å²) in [4.78, 5) is 15.7. The van der Waals surface area contributed by atoms with Gasteiger partial charge in [0.2, 0.25) is 0 Å². The molecule has 0 aromatic heterocycles. The zero-order valence-electron chi connectivity index (χ0n) is 24.6. The van der Waals surface area contributed by atoms with E-state index in [4.69, 9.17) is 4.74 Å². The van der Waals surface area contributed by atoms with Gasteiger partial charge >= 0.3 is 5.97 Å². The maximum Gasteiger partial charge on any atom is 0.313 e. The van der Waals surface area contributed by atoms with Crippen molar-refractivity contribution in [2.24, 2.45) is 5.92 Å². The van der Waals surface area contributed by atoms with Gasteiger partial charge in [-0.1, -0.05) is 92.7 Å². The van der Waals surface area contributed by atoms with Crippen LogP contribution in [0.2, 0.25) is 0 Å². The van der Waals surface area contributed by atoms with Crippen LogP contribution >= 0.6 is 0 Å². The molecule has 0 bridgehead atoms. The Morgan fingerprint density at radius 3 is 2.41 bits per heavy atom. The summed E-state index contributed by atoms with van der Waals surface area (Å²) in [6.45, 7) is 9.06. The molecule has 4 aromatic carbocycles. The van der Waals surface area contributed by atoms with Gasteiger partial charge < -0.3 is 4.74 Å². The average Bonchev–Trinajstić information content (AvgIpc) is 3.00. The average molecular weight is 552 g/mol. The molecule has 0 N–H and O–H groups in total. The van der Waals surface area contributed by atoms with Crippen LogP contribution in [0.3, 0.4) is 0 Å². The molecule has 5 rings (SSSR count). The SMILES string of the molecule is CCOC(=O)C(CC(C)C)c1cc(-c2ccc(CF)cc2)cc(C2CCCN(Cc3ccc4ccccc4c3)C2)c1. The normalized spacial score (nSPS) is 16.7. The predicted octanol–water partition coefficient (Wildman–Crippen LogP) is 9.05. The number of halogens is 1. The summed E-state index contributed by atoms with van der Waals surface area (Å²) < 4.78 is 18.8. The first-order valence-electron chi connectivity index (χ1n) is 15.1. The molecule has 1 saturated heterocycles. The Labute approximate surface area is 244 Å². The summed E-state index contributed by atoms with van der Waals surface area (Å²) in [6.07, 6.45) is 2.99. The van der Waals surface area contributed by atoms with E-state index in [1.807, 2.05) is 31.2 Å². The van der Waals surface area contributed by atoms with Gasteiger partial charge in [-0.15, -0.1) is 0 Å². The van der Waals surface area contributed by atoms with Crippen molar-refractivity contribution in [3.63, 3.8) is 0 Å². The van der Waals surface area contributed by atoms with Crippen LogP contribution in [0.5, 0.6) is 0 Å². The lowest BCUT2D eigenvalue weighted by atomic mass is 9.83. The molecule has 214 valence electrons. The number of hydrogen-bond donors (Lipinski definition) is 0. The fourth-order valence-electron chi connectivity index (χ4n) is 6.22. The highest BCUT2D eigenvalue weighted by molar-refractivity contribution is 5.83. The molecule has 1 fully saturated rings. The minimum Gasteiger partial charge on any atom is -0.466 e. The number of hydrogen-bond acceptors (Lipinski definition) is 3. The second-order valence-corrected chi connectivity index (χ2v) is 11.9. The molecule has 4 heteroatoms. The van der Waals surface area contributed by atoms with Gasteiger partial charge in [-0.2, -0.15) is 0 Å². The standard InChI is InChI=1S/C37H42FNO2/c1-4-41-37(40)36(18-26(2)3)35-21-33(30-14-11-27(23-38)12-15-30)20-34(22-35)32-10-7-17-39(25-32)24-28-13-16-29-8-5-6-9-31(29)19-28/h5-6,8-9,11-16,19-22,26,32,36H,4,7,10,17-18,23-25H2,1-3H3. The first-order valence-corrected chi connectivity index (χ1v) is 15.1. The predicted molar refractivity (Wildman–Crippen MR) is 167 cm³/mol. The number of piperidine rings is 1. The third-order valence-electron chi connectivity index (χ3n) is 8.30. The van der Waals surface area contributed by atoms with Crippen LogP contribution in [0.25, 0.3) is 21.9 Å². The number of benzene rings is 4. The largest absolute Gasteiger partial charge is 0.466 e. The molecule has 0 spiro atoms. The summed E-state index contributed by atoms with van der Waals surface area (Å²) in [6, 6.07) is 29.7. The van der Waals surface area contributed by atoms with E-state index in [0.717, 1.165) is 55.6 Å². The van der Waals surface area contributed by atoms with Crippen molar-refractivity contribution in [3.05, 3.63) is 107 Å². The highest BCUT2D eigenvalue weighted by Crippen LogP contribution is 2.36. The Bertz CT molecular complexity index is 1460. The molecule has 4 aromatic rings. The molecular formula is C37H42FNO2. The van der Waals surface area contributed by atoms with E-state index >= 15 is 0 Å². The van der Waals surface area contributed by atoms with Gasteiger partial charge in [0.15, 0.2) is 0 Å². The van der Waals surface area contributed by atoms with E-state index in [1.54, 1.807) is 0 Å². The van der Waals surface area contributed by atoms with Crippen molar-refractivity contribution < 1.29 is 13.9 Å². The van der Waals surface area contributed by atoms with Gasteiger partial charge in [-0.25, -0.2) is 4.39 Å². The van der Waals surface area contributed by atoms with E-state index in [9.17, 15) is 9.18 Å². The molecule has 2 atom stereocenters. The summed E-state index contributed by atoms with van der Waals surface area (Å²) in [7, 11) is 0. The molecule has 1 heterocycles. The number of ether oxygens (including phenoxy) is 1. The van der Waals surface area contributed by atoms with Gasteiger partial charge in [0.05, 0.1) is 12.5 Å². The van der Waals surface area contributed by atoms with Crippen LogP contribution in [-0.2, 0) is 22.8 Å². The molecule has 3 nitrogen and oxygen atoms in total. The van der Waals surface area contributed by atoms with Crippen molar-refractivity contribution >= 4 is 16.7 Å². The molecule has 1 aliphatic rings. The van der Waals surface area contributed by atoms with Crippen molar-refractivity contribution in [1.82, 2.24) is 4.90 Å². The lowest BCUT2D eigenvalue weighted by molar-refractivity contribution is -0.145. The van der Waals surface area contributed by atoms with E-state index < -0.39 is 6.67 Å². The van der Waals surface area contributed by atoms with Crippen molar-refractivity contribution in [3.8, 4) is 11.1 Å². The second-order valence-electron chi connectivity index (χ2n) is 11.9. The first kappa shape index (κ1) is 29.0. The van der Waals surface area contributed by atoms with E-state index in [-0.39, 0.29) is 11.9 Å². The summed E-state index contributed by atoms with van der Waals surface area (Å²) in [5, 5.41) is 2.55. The van der Waals surface area contributed by atoms with Crippen molar-refractivity contribution in [1.29, 1.82) is 0 Å². The highest BCUT2D eigenvalue weighted by atomic mass is 19.1. The fourth-order valence-corrected chi connectivity index (χ4v) is 6.22. The van der Waals surface area contributed by atoms with Crippen LogP contribution in [0, 0.1) is 5.92 Å². The molecule has 0 amide bonds. The monoisotopic (exact) mass is 551 g/mol. The van der Waals surface area contributed by atoms with E-state index in [0.29, 0.717) is 24.0 Å². The quantitative estimate of drug-likeness (QED) is 0.184. The van der Waals surface area contributed by atoms with Gasteiger partial charge in [0, 0.05) is 13.1 Å². The molecule has 41 heavy (non-hydrogen) atoms. The number of alkyl halides is 1. The topological polar surface area (TPSA) is 29.5 Å². The number of fused-ring (bicyclic) bond motifs is 1. The Morgan fingerprint density at radius 1 is 0.927 bits per heavy atom. The Balaban J connectivity index is 1.46. The third-order valence-corrected chi connectivity index (χ3v) is 8.30. The minimum absolute atomic E-state index is 0.154. The molecular weight excluding hydrogens is 509 g/mol. The van der Waals surface area contributed by atoms with Gasteiger partial charge in [-0.05, 0) is 94.8 Å². The van der Waals surface area contributed by atoms with Gasteiger partial charge in [0.1, 0.15) is 6.67 Å². The summed E-state index contributed by atoms with van der Waals surface area (Å²) in [5.41, 5.74) is 6.42. The second kappa shape index (κ2) is 13.4. The van der Waals surface area contributed by atoms with Crippen LogP contribution in [0.4, 0.5) is 4.39 Å². The molecule has 1 aliphatic heterocycles.